The lowest BCUT2D eigenvalue weighted by Gasteiger charge is -2.21. The van der Waals surface area contributed by atoms with Crippen LogP contribution in [0.1, 0.15) is 12.8 Å². The van der Waals surface area contributed by atoms with E-state index in [4.69, 9.17) is 0 Å². The second kappa shape index (κ2) is 7.49. The molecule has 0 aromatic heterocycles. The number of nitrogens with one attached hydrogen (secondary N) is 3. The van der Waals surface area contributed by atoms with Gasteiger partial charge in [0, 0.05) is 11.6 Å². The molecule has 1 aromatic rings. The third kappa shape index (κ3) is 5.46. The molecule has 1 amide bonds. The lowest BCUT2D eigenvalue weighted by atomic mass is 9.97. The van der Waals surface area contributed by atoms with E-state index in [0.717, 1.165) is 38.1 Å². The number of halogens is 3. The number of alkyl halides is 3. The highest BCUT2D eigenvalue weighted by molar-refractivity contribution is 7.89. The first-order valence-electron chi connectivity index (χ1n) is 7.35. The highest BCUT2D eigenvalue weighted by atomic mass is 32.2. The number of sulfonamides is 1. The maximum absolute atomic E-state index is 12.1. The zero-order valence-corrected chi connectivity index (χ0v) is 13.5. The Morgan fingerprint density at radius 1 is 1.17 bits per heavy atom. The van der Waals surface area contributed by atoms with Gasteiger partial charge < -0.3 is 10.6 Å². The third-order valence-corrected chi connectivity index (χ3v) is 5.02. The number of benzene rings is 1. The number of amides is 1. The van der Waals surface area contributed by atoms with Crippen LogP contribution < -0.4 is 15.4 Å². The number of carbonyl (C=O) groups is 1. The van der Waals surface area contributed by atoms with Gasteiger partial charge in [-0.15, -0.1) is 0 Å². The second-order valence-electron chi connectivity index (χ2n) is 5.48. The van der Waals surface area contributed by atoms with Crippen molar-refractivity contribution in [1.29, 1.82) is 0 Å². The van der Waals surface area contributed by atoms with Crippen molar-refractivity contribution in [2.24, 2.45) is 5.92 Å². The molecule has 1 saturated heterocycles. The molecule has 24 heavy (non-hydrogen) atoms. The van der Waals surface area contributed by atoms with Crippen molar-refractivity contribution in [3.05, 3.63) is 24.3 Å². The van der Waals surface area contributed by atoms with Gasteiger partial charge in [0.15, 0.2) is 0 Å². The average molecular weight is 365 g/mol. The van der Waals surface area contributed by atoms with Gasteiger partial charge in [-0.3, -0.25) is 4.79 Å². The van der Waals surface area contributed by atoms with Gasteiger partial charge in [-0.25, -0.2) is 13.1 Å². The number of carbonyl (C=O) groups excluding carboxylic acids is 1. The molecule has 0 spiro atoms. The molecule has 1 aliphatic rings. The maximum Gasteiger partial charge on any atom is 0.402 e. The van der Waals surface area contributed by atoms with Crippen molar-refractivity contribution in [2.75, 3.05) is 25.0 Å². The van der Waals surface area contributed by atoms with E-state index in [-0.39, 0.29) is 16.7 Å². The largest absolute Gasteiger partial charge is 0.402 e. The standard InChI is InChI=1S/C14H18F3N3O3S/c15-14(16,17)9-19-24(22,23)12-3-1-11(2-4-12)20-13(21)10-5-7-18-8-6-10/h1-4,10,18-19H,5-9H2,(H,20,21). The molecule has 1 fully saturated rings. The molecule has 0 saturated carbocycles. The highest BCUT2D eigenvalue weighted by Crippen LogP contribution is 2.19. The lowest BCUT2D eigenvalue weighted by molar-refractivity contribution is -0.121. The smallest absolute Gasteiger partial charge is 0.326 e. The van der Waals surface area contributed by atoms with Crippen LogP contribution in [0.25, 0.3) is 0 Å². The Bertz CT molecular complexity index is 669. The number of hydrogen-bond acceptors (Lipinski definition) is 4. The minimum atomic E-state index is -4.63. The van der Waals surface area contributed by atoms with Crippen LogP contribution in [0.5, 0.6) is 0 Å². The minimum absolute atomic E-state index is 0.108. The van der Waals surface area contributed by atoms with E-state index in [1.165, 1.54) is 16.9 Å². The third-order valence-electron chi connectivity index (χ3n) is 3.60. The fourth-order valence-corrected chi connectivity index (χ4v) is 3.32. The Kier molecular flexibility index (Phi) is 5.83. The Morgan fingerprint density at radius 2 is 1.75 bits per heavy atom. The van der Waals surface area contributed by atoms with E-state index in [0.29, 0.717) is 5.69 Å². The first-order valence-corrected chi connectivity index (χ1v) is 8.84. The van der Waals surface area contributed by atoms with Gasteiger partial charge in [-0.1, -0.05) is 0 Å². The molecular weight excluding hydrogens is 347 g/mol. The summed E-state index contributed by atoms with van der Waals surface area (Å²) in [4.78, 5) is 11.8. The van der Waals surface area contributed by atoms with E-state index >= 15 is 0 Å². The Morgan fingerprint density at radius 3 is 2.29 bits per heavy atom. The quantitative estimate of drug-likeness (QED) is 0.737. The van der Waals surface area contributed by atoms with E-state index in [9.17, 15) is 26.4 Å². The number of piperidine rings is 1. The van der Waals surface area contributed by atoms with Crippen LogP contribution in [-0.2, 0) is 14.8 Å². The summed E-state index contributed by atoms with van der Waals surface area (Å²) in [5.41, 5.74) is 0.397. The van der Waals surface area contributed by atoms with Crippen molar-refractivity contribution in [2.45, 2.75) is 23.9 Å². The summed E-state index contributed by atoms with van der Waals surface area (Å²) >= 11 is 0. The molecule has 1 heterocycles. The molecule has 0 unspecified atom stereocenters. The second-order valence-corrected chi connectivity index (χ2v) is 7.24. The van der Waals surface area contributed by atoms with Gasteiger partial charge in [0.2, 0.25) is 15.9 Å². The van der Waals surface area contributed by atoms with Gasteiger partial charge in [0.05, 0.1) is 4.90 Å². The molecule has 1 aliphatic heterocycles. The predicted octanol–water partition coefficient (Wildman–Crippen LogP) is 1.47. The van der Waals surface area contributed by atoms with Crippen LogP contribution in [0, 0.1) is 5.92 Å². The molecule has 6 nitrogen and oxygen atoms in total. The number of rotatable bonds is 5. The zero-order chi connectivity index (χ0) is 17.8. The van der Waals surface area contributed by atoms with Crippen molar-refractivity contribution in [3.8, 4) is 0 Å². The first kappa shape index (κ1) is 18.7. The minimum Gasteiger partial charge on any atom is -0.326 e. The van der Waals surface area contributed by atoms with Crippen LogP contribution in [0.4, 0.5) is 18.9 Å². The molecule has 0 atom stereocenters. The van der Waals surface area contributed by atoms with Crippen LogP contribution in [0.15, 0.2) is 29.2 Å². The molecule has 0 radical (unpaired) electrons. The first-order chi connectivity index (χ1) is 11.2. The van der Waals surface area contributed by atoms with Crippen molar-refractivity contribution < 1.29 is 26.4 Å². The Labute approximate surface area is 137 Å². The van der Waals surface area contributed by atoms with Gasteiger partial charge in [-0.05, 0) is 50.2 Å². The van der Waals surface area contributed by atoms with E-state index in [1.54, 1.807) is 0 Å². The van der Waals surface area contributed by atoms with Gasteiger partial charge in [0.25, 0.3) is 0 Å². The molecule has 0 aliphatic carbocycles. The number of anilines is 1. The molecular formula is C14H18F3N3O3S. The summed E-state index contributed by atoms with van der Waals surface area (Å²) in [7, 11) is -4.25. The van der Waals surface area contributed by atoms with E-state index in [2.05, 4.69) is 10.6 Å². The summed E-state index contributed by atoms with van der Waals surface area (Å²) in [6.07, 6.45) is -3.19. The van der Waals surface area contributed by atoms with Crippen molar-refractivity contribution >= 4 is 21.6 Å². The topological polar surface area (TPSA) is 87.3 Å². The van der Waals surface area contributed by atoms with Gasteiger partial charge in [-0.2, -0.15) is 13.2 Å². The SMILES string of the molecule is O=C(Nc1ccc(S(=O)(=O)NCC(F)(F)F)cc1)C1CCNCC1. The highest BCUT2D eigenvalue weighted by Gasteiger charge is 2.30. The lowest BCUT2D eigenvalue weighted by Crippen LogP contribution is -2.34. The van der Waals surface area contributed by atoms with Crippen LogP contribution in [0.2, 0.25) is 0 Å². The van der Waals surface area contributed by atoms with E-state index < -0.39 is 22.7 Å². The summed E-state index contributed by atoms with van der Waals surface area (Å²) in [6.45, 7) is -0.107. The molecule has 134 valence electrons. The monoisotopic (exact) mass is 365 g/mol. The molecule has 1 aromatic carbocycles. The normalized spacial score (nSPS) is 16.8. The van der Waals surface area contributed by atoms with Gasteiger partial charge in [0.1, 0.15) is 6.54 Å². The molecule has 3 N–H and O–H groups in total. The predicted molar refractivity (Wildman–Crippen MR) is 81.9 cm³/mol. The van der Waals surface area contributed by atoms with Crippen molar-refractivity contribution in [1.82, 2.24) is 10.0 Å². The van der Waals surface area contributed by atoms with Crippen molar-refractivity contribution in [3.63, 3.8) is 0 Å². The molecule has 2 rings (SSSR count). The summed E-state index contributed by atoms with van der Waals surface area (Å²) in [6, 6.07) is 5.00. The zero-order valence-electron chi connectivity index (χ0n) is 12.7. The molecule has 10 heteroatoms. The van der Waals surface area contributed by atoms with Crippen LogP contribution >= 0.6 is 0 Å². The summed E-state index contributed by atoms with van der Waals surface area (Å²) < 4.78 is 61.3. The number of hydrogen-bond donors (Lipinski definition) is 3. The van der Waals surface area contributed by atoms with E-state index in [1.807, 2.05) is 0 Å². The maximum atomic E-state index is 12.1. The fourth-order valence-electron chi connectivity index (χ4n) is 2.31. The summed E-state index contributed by atoms with van der Waals surface area (Å²) in [5, 5.41) is 5.83. The van der Waals surface area contributed by atoms with Crippen LogP contribution in [-0.4, -0.2) is 40.1 Å². The van der Waals surface area contributed by atoms with Crippen LogP contribution in [0.3, 0.4) is 0 Å². The Balaban J connectivity index is 1.98. The van der Waals surface area contributed by atoms with Gasteiger partial charge >= 0.3 is 6.18 Å². The Hall–Kier alpha value is -1.65. The fraction of sp³-hybridized carbons (Fsp3) is 0.500. The summed E-state index contributed by atoms with van der Waals surface area (Å²) in [5.74, 6) is -0.259. The molecule has 0 bridgehead atoms. The average Bonchev–Trinajstić information content (AvgIpc) is 2.54.